The van der Waals surface area contributed by atoms with Crippen molar-refractivity contribution in [1.82, 2.24) is 9.97 Å². The van der Waals surface area contributed by atoms with Crippen LogP contribution in [0.2, 0.25) is 0 Å². The van der Waals surface area contributed by atoms with Crippen molar-refractivity contribution in [3.8, 4) is 0 Å². The Kier molecular flexibility index (Phi) is 2.84. The van der Waals surface area contributed by atoms with Crippen molar-refractivity contribution in [2.24, 2.45) is 0 Å². The lowest BCUT2D eigenvalue weighted by Crippen LogP contribution is -1.86. The number of thioether (sulfide) groups is 1. The molecule has 0 N–H and O–H groups in total. The molecule has 0 saturated carbocycles. The van der Waals surface area contributed by atoms with Crippen molar-refractivity contribution >= 4 is 11.8 Å². The van der Waals surface area contributed by atoms with Gasteiger partial charge in [-0.15, -0.1) is 0 Å². The molecular weight excluding hydrogens is 196 g/mol. The molecule has 2 aromatic heterocycles. The second-order valence-electron chi connectivity index (χ2n) is 2.86. The largest absolute Gasteiger partial charge is 0.468 e. The Balaban J connectivity index is 1.95. The Hall–Kier alpha value is -1.29. The van der Waals surface area contributed by atoms with E-state index in [9.17, 15) is 0 Å². The van der Waals surface area contributed by atoms with E-state index < -0.39 is 0 Å². The number of nitrogens with zero attached hydrogens (tertiary/aromatic N) is 2. The molecule has 0 atom stereocenters. The quantitative estimate of drug-likeness (QED) is 0.724. The summed E-state index contributed by atoms with van der Waals surface area (Å²) in [5, 5.41) is 0.923. The van der Waals surface area contributed by atoms with Crippen molar-refractivity contribution in [1.29, 1.82) is 0 Å². The molecule has 72 valence electrons. The molecule has 0 aliphatic rings. The molecule has 2 heterocycles. The molecule has 0 aliphatic heterocycles. The van der Waals surface area contributed by atoms with Crippen LogP contribution in [0.3, 0.4) is 0 Å². The van der Waals surface area contributed by atoms with Crippen LogP contribution in [0.25, 0.3) is 0 Å². The number of aromatic nitrogens is 2. The first-order valence-corrected chi connectivity index (χ1v) is 5.27. The van der Waals surface area contributed by atoms with Crippen LogP contribution in [-0.4, -0.2) is 9.97 Å². The second kappa shape index (κ2) is 4.28. The van der Waals surface area contributed by atoms with Crippen LogP contribution < -0.4 is 0 Å². The topological polar surface area (TPSA) is 38.9 Å². The molecule has 14 heavy (non-hydrogen) atoms. The summed E-state index contributed by atoms with van der Waals surface area (Å²) in [5.41, 5.74) is 0.937. The summed E-state index contributed by atoms with van der Waals surface area (Å²) < 4.78 is 5.21. The number of furan rings is 1. The van der Waals surface area contributed by atoms with E-state index in [2.05, 4.69) is 9.97 Å². The Morgan fingerprint density at radius 3 is 2.93 bits per heavy atom. The van der Waals surface area contributed by atoms with Gasteiger partial charge in [-0.25, -0.2) is 4.98 Å². The van der Waals surface area contributed by atoms with Crippen LogP contribution in [0.4, 0.5) is 0 Å². The van der Waals surface area contributed by atoms with Crippen molar-refractivity contribution in [3.63, 3.8) is 0 Å². The monoisotopic (exact) mass is 206 g/mol. The van der Waals surface area contributed by atoms with Gasteiger partial charge in [0.15, 0.2) is 0 Å². The minimum absolute atomic E-state index is 0.796. The molecular formula is C10H10N2OS. The summed E-state index contributed by atoms with van der Waals surface area (Å²) in [6, 6.07) is 3.84. The molecule has 0 bridgehead atoms. The Morgan fingerprint density at radius 2 is 2.29 bits per heavy atom. The normalized spacial score (nSPS) is 10.4. The second-order valence-corrected chi connectivity index (χ2v) is 3.86. The van der Waals surface area contributed by atoms with E-state index in [0.29, 0.717) is 0 Å². The van der Waals surface area contributed by atoms with Gasteiger partial charge >= 0.3 is 0 Å². The van der Waals surface area contributed by atoms with Crippen LogP contribution in [0.1, 0.15) is 11.5 Å². The molecule has 0 spiro atoms. The van der Waals surface area contributed by atoms with Gasteiger partial charge in [-0.05, 0) is 19.1 Å². The minimum Gasteiger partial charge on any atom is -0.468 e. The zero-order chi connectivity index (χ0) is 9.80. The Bertz CT molecular complexity index is 383. The standard InChI is InChI=1S/C10H10N2OS/c1-8-5-12-10(6-11-8)14-7-9-3-2-4-13-9/h2-6H,7H2,1H3. The smallest absolute Gasteiger partial charge is 0.115 e. The highest BCUT2D eigenvalue weighted by Crippen LogP contribution is 2.19. The molecule has 0 radical (unpaired) electrons. The van der Waals surface area contributed by atoms with Crippen LogP contribution in [0.5, 0.6) is 0 Å². The van der Waals surface area contributed by atoms with Crippen LogP contribution >= 0.6 is 11.8 Å². The van der Waals surface area contributed by atoms with Gasteiger partial charge in [0.05, 0.1) is 23.9 Å². The third-order valence-electron chi connectivity index (χ3n) is 1.70. The number of aryl methyl sites for hydroxylation is 1. The minimum atomic E-state index is 0.796. The van der Waals surface area contributed by atoms with Gasteiger partial charge in [-0.2, -0.15) is 0 Å². The van der Waals surface area contributed by atoms with Crippen molar-refractivity contribution in [2.75, 3.05) is 0 Å². The third kappa shape index (κ3) is 2.35. The van der Waals surface area contributed by atoms with Gasteiger partial charge in [0.2, 0.25) is 0 Å². The molecule has 0 aliphatic carbocycles. The maximum Gasteiger partial charge on any atom is 0.115 e. The lowest BCUT2D eigenvalue weighted by atomic mass is 10.5. The van der Waals surface area contributed by atoms with E-state index >= 15 is 0 Å². The summed E-state index contributed by atoms with van der Waals surface area (Å²) in [6.07, 6.45) is 5.23. The molecule has 2 aromatic rings. The molecule has 0 saturated heterocycles. The molecule has 4 heteroatoms. The van der Waals surface area contributed by atoms with Gasteiger partial charge in [-0.1, -0.05) is 11.8 Å². The molecule has 0 fully saturated rings. The summed E-state index contributed by atoms with van der Waals surface area (Å²) in [5.74, 6) is 1.75. The van der Waals surface area contributed by atoms with Crippen molar-refractivity contribution < 1.29 is 4.42 Å². The zero-order valence-corrected chi connectivity index (χ0v) is 8.62. The Morgan fingerprint density at radius 1 is 1.36 bits per heavy atom. The van der Waals surface area contributed by atoms with Gasteiger partial charge in [-0.3, -0.25) is 4.98 Å². The van der Waals surface area contributed by atoms with E-state index in [4.69, 9.17) is 4.42 Å². The van der Waals surface area contributed by atoms with Gasteiger partial charge in [0.1, 0.15) is 10.8 Å². The fourth-order valence-corrected chi connectivity index (χ4v) is 1.70. The maximum atomic E-state index is 5.21. The van der Waals surface area contributed by atoms with E-state index in [1.54, 1.807) is 30.4 Å². The summed E-state index contributed by atoms with van der Waals surface area (Å²) in [7, 11) is 0. The van der Waals surface area contributed by atoms with Gasteiger partial charge in [0, 0.05) is 6.20 Å². The average Bonchev–Trinajstić information content (AvgIpc) is 2.70. The number of rotatable bonds is 3. The lowest BCUT2D eigenvalue weighted by Gasteiger charge is -1.97. The van der Waals surface area contributed by atoms with Gasteiger partial charge < -0.3 is 4.42 Å². The highest BCUT2D eigenvalue weighted by Gasteiger charge is 1.99. The first kappa shape index (κ1) is 9.27. The molecule has 2 rings (SSSR count). The maximum absolute atomic E-state index is 5.21. The summed E-state index contributed by atoms with van der Waals surface area (Å²) in [4.78, 5) is 8.40. The number of hydrogen-bond donors (Lipinski definition) is 0. The highest BCUT2D eigenvalue weighted by molar-refractivity contribution is 7.98. The van der Waals surface area contributed by atoms with Crippen LogP contribution in [0, 0.1) is 6.92 Å². The number of hydrogen-bond acceptors (Lipinski definition) is 4. The lowest BCUT2D eigenvalue weighted by molar-refractivity contribution is 0.530. The van der Waals surface area contributed by atoms with Crippen LogP contribution in [0.15, 0.2) is 40.2 Å². The van der Waals surface area contributed by atoms with E-state index in [0.717, 1.165) is 22.2 Å². The SMILES string of the molecule is Cc1cnc(SCc2ccco2)cn1. The summed E-state index contributed by atoms with van der Waals surface area (Å²) in [6.45, 7) is 1.92. The van der Waals surface area contributed by atoms with Crippen molar-refractivity contribution in [2.45, 2.75) is 17.7 Å². The first-order valence-electron chi connectivity index (χ1n) is 4.28. The van der Waals surface area contributed by atoms with E-state index in [1.165, 1.54) is 0 Å². The first-order chi connectivity index (χ1) is 6.84. The van der Waals surface area contributed by atoms with E-state index in [-0.39, 0.29) is 0 Å². The predicted octanol–water partition coefficient (Wildman–Crippen LogP) is 2.67. The van der Waals surface area contributed by atoms with Crippen LogP contribution in [-0.2, 0) is 5.75 Å². The fourth-order valence-electron chi connectivity index (χ4n) is 0.995. The molecule has 0 unspecified atom stereocenters. The Labute approximate surface area is 86.6 Å². The molecule has 0 aromatic carbocycles. The van der Waals surface area contributed by atoms with Gasteiger partial charge in [0.25, 0.3) is 0 Å². The van der Waals surface area contributed by atoms with Crippen molar-refractivity contribution in [3.05, 3.63) is 42.2 Å². The zero-order valence-electron chi connectivity index (χ0n) is 7.80. The highest BCUT2D eigenvalue weighted by atomic mass is 32.2. The fraction of sp³-hybridized carbons (Fsp3) is 0.200. The van der Waals surface area contributed by atoms with E-state index in [1.807, 2.05) is 19.1 Å². The summed E-state index contributed by atoms with van der Waals surface area (Å²) >= 11 is 1.62. The predicted molar refractivity (Wildman–Crippen MR) is 55.0 cm³/mol. The third-order valence-corrected chi connectivity index (χ3v) is 2.64. The average molecular weight is 206 g/mol. The molecule has 0 amide bonds. The molecule has 3 nitrogen and oxygen atoms in total.